The molecule has 0 unspecified atom stereocenters. The number of hydrogen-bond donors (Lipinski definition) is 2. The minimum absolute atomic E-state index is 0.141. The highest BCUT2D eigenvalue weighted by Gasteiger charge is 2.22. The first-order valence-corrected chi connectivity index (χ1v) is 9.23. The molecule has 122 valence electrons. The van der Waals surface area contributed by atoms with Gasteiger partial charge in [-0.15, -0.1) is 0 Å². The molecule has 1 aromatic heterocycles. The highest BCUT2D eigenvalue weighted by Crippen LogP contribution is 2.26. The van der Waals surface area contributed by atoms with E-state index in [1.165, 1.54) is 0 Å². The molecule has 2 N–H and O–H groups in total. The highest BCUT2D eigenvalue weighted by atomic mass is 79.9. The fraction of sp³-hybridized carbons (Fsp3) is 0.692. The van der Waals surface area contributed by atoms with Gasteiger partial charge in [0.25, 0.3) is 0 Å². The minimum atomic E-state index is -3.56. The molecular weight excluding hydrogens is 358 g/mol. The van der Waals surface area contributed by atoms with Gasteiger partial charge < -0.3 is 14.6 Å². The normalized spacial score (nSPS) is 12.5. The fourth-order valence-electron chi connectivity index (χ4n) is 1.58. The van der Waals surface area contributed by atoms with Crippen molar-refractivity contribution in [2.24, 2.45) is 0 Å². The van der Waals surface area contributed by atoms with Gasteiger partial charge in [-0.05, 0) is 29.5 Å². The second-order valence-corrected chi connectivity index (χ2v) is 7.64. The van der Waals surface area contributed by atoms with Crippen LogP contribution in [0.1, 0.15) is 26.5 Å². The largest absolute Gasteiger partial charge is 0.452 e. The summed E-state index contributed by atoms with van der Waals surface area (Å²) in [4.78, 5) is 2.17. The van der Waals surface area contributed by atoms with Crippen LogP contribution in [0.15, 0.2) is 20.0 Å². The Labute approximate surface area is 135 Å². The van der Waals surface area contributed by atoms with Crippen molar-refractivity contribution in [3.63, 3.8) is 0 Å². The molecule has 21 heavy (non-hydrogen) atoms. The SMILES string of the molecule is CCN(C)CCNS(=O)(=O)c1cc(CNC(C)C)oc1Br. The Hall–Kier alpha value is -0.410. The van der Waals surface area contributed by atoms with Gasteiger partial charge in [-0.25, -0.2) is 13.1 Å². The van der Waals surface area contributed by atoms with Crippen LogP contribution in [-0.4, -0.2) is 46.0 Å². The average molecular weight is 382 g/mol. The van der Waals surface area contributed by atoms with E-state index in [2.05, 4.69) is 26.0 Å². The number of nitrogens with one attached hydrogen (secondary N) is 2. The third kappa shape index (κ3) is 6.07. The summed E-state index contributed by atoms with van der Waals surface area (Å²) in [5.74, 6) is 0.585. The lowest BCUT2D eigenvalue weighted by molar-refractivity contribution is 0.358. The molecule has 6 nitrogen and oxygen atoms in total. The molecule has 0 aromatic carbocycles. The first kappa shape index (κ1) is 18.6. The summed E-state index contributed by atoms with van der Waals surface area (Å²) in [6, 6.07) is 1.85. The second kappa shape index (κ2) is 8.28. The lowest BCUT2D eigenvalue weighted by atomic mass is 10.3. The fourth-order valence-corrected chi connectivity index (χ4v) is 3.60. The third-order valence-corrected chi connectivity index (χ3v) is 5.32. The maximum Gasteiger partial charge on any atom is 0.245 e. The van der Waals surface area contributed by atoms with Gasteiger partial charge >= 0.3 is 0 Å². The Bertz CT molecular complexity index is 543. The molecule has 0 fully saturated rings. The standard InChI is InChI=1S/C13H24BrN3O3S/c1-5-17(4)7-6-16-21(18,19)12-8-11(20-13(12)14)9-15-10(2)3/h8,10,15-16H,5-7,9H2,1-4H3. The van der Waals surface area contributed by atoms with E-state index in [0.29, 0.717) is 31.4 Å². The van der Waals surface area contributed by atoms with Gasteiger partial charge in [0.05, 0.1) is 6.54 Å². The lowest BCUT2D eigenvalue weighted by Crippen LogP contribution is -2.32. The summed E-state index contributed by atoms with van der Waals surface area (Å²) in [5, 5.41) is 3.18. The van der Waals surface area contributed by atoms with Gasteiger partial charge in [0.2, 0.25) is 10.0 Å². The molecule has 0 amide bonds. The molecule has 8 heteroatoms. The molecule has 0 bridgehead atoms. The number of rotatable bonds is 9. The van der Waals surface area contributed by atoms with Crippen molar-refractivity contribution >= 4 is 26.0 Å². The van der Waals surface area contributed by atoms with E-state index in [4.69, 9.17) is 4.42 Å². The number of nitrogens with zero attached hydrogens (tertiary/aromatic N) is 1. The molecule has 0 saturated heterocycles. The summed E-state index contributed by atoms with van der Waals surface area (Å²) in [7, 11) is -1.62. The van der Waals surface area contributed by atoms with Gasteiger partial charge in [-0.2, -0.15) is 0 Å². The Morgan fingerprint density at radius 1 is 1.43 bits per heavy atom. The maximum atomic E-state index is 12.2. The zero-order valence-electron chi connectivity index (χ0n) is 12.9. The summed E-state index contributed by atoms with van der Waals surface area (Å²) < 4.78 is 32.7. The van der Waals surface area contributed by atoms with Gasteiger partial charge in [0.1, 0.15) is 10.7 Å². The van der Waals surface area contributed by atoms with Gasteiger partial charge in [0, 0.05) is 25.2 Å². The van der Waals surface area contributed by atoms with Crippen molar-refractivity contribution in [3.05, 3.63) is 16.5 Å². The smallest absolute Gasteiger partial charge is 0.245 e. The third-order valence-electron chi connectivity index (χ3n) is 3.01. The number of hydrogen-bond acceptors (Lipinski definition) is 5. The van der Waals surface area contributed by atoms with Crippen molar-refractivity contribution in [2.75, 3.05) is 26.7 Å². The predicted molar refractivity (Wildman–Crippen MR) is 86.7 cm³/mol. The molecule has 0 atom stereocenters. The second-order valence-electron chi connectivity index (χ2n) is 5.18. The van der Waals surface area contributed by atoms with Crippen LogP contribution in [0.4, 0.5) is 0 Å². The zero-order chi connectivity index (χ0) is 16.0. The van der Waals surface area contributed by atoms with Crippen LogP contribution in [0, 0.1) is 0 Å². The summed E-state index contributed by atoms with van der Waals surface area (Å²) in [6.07, 6.45) is 0. The van der Waals surface area contributed by atoms with E-state index in [1.807, 2.05) is 32.7 Å². The average Bonchev–Trinajstić information content (AvgIpc) is 2.78. The molecule has 1 aromatic rings. The Morgan fingerprint density at radius 2 is 2.10 bits per heavy atom. The quantitative estimate of drug-likeness (QED) is 0.681. The van der Waals surface area contributed by atoms with Crippen LogP contribution in [0.2, 0.25) is 0 Å². The van der Waals surface area contributed by atoms with E-state index in [0.717, 1.165) is 6.54 Å². The van der Waals surface area contributed by atoms with Crippen LogP contribution in [0.25, 0.3) is 0 Å². The van der Waals surface area contributed by atoms with Crippen LogP contribution < -0.4 is 10.0 Å². The summed E-state index contributed by atoms with van der Waals surface area (Å²) in [6.45, 7) is 8.45. The maximum absolute atomic E-state index is 12.2. The number of furan rings is 1. The van der Waals surface area contributed by atoms with Crippen molar-refractivity contribution < 1.29 is 12.8 Å². The molecule has 0 aliphatic carbocycles. The molecule has 1 heterocycles. The van der Waals surface area contributed by atoms with E-state index in [1.54, 1.807) is 6.07 Å². The molecule has 0 saturated carbocycles. The molecule has 0 aliphatic rings. The first-order valence-electron chi connectivity index (χ1n) is 6.96. The monoisotopic (exact) mass is 381 g/mol. The molecule has 1 rings (SSSR count). The Kier molecular flexibility index (Phi) is 7.35. The van der Waals surface area contributed by atoms with E-state index in [-0.39, 0.29) is 9.56 Å². The molecule has 0 spiro atoms. The number of sulfonamides is 1. The van der Waals surface area contributed by atoms with Crippen molar-refractivity contribution in [1.29, 1.82) is 0 Å². The Morgan fingerprint density at radius 3 is 2.67 bits per heavy atom. The number of halogens is 1. The van der Waals surface area contributed by atoms with Gasteiger partial charge in [0.15, 0.2) is 4.67 Å². The number of likely N-dealkylation sites (N-methyl/N-ethyl adjacent to an activating group) is 1. The van der Waals surface area contributed by atoms with Crippen LogP contribution in [0.5, 0.6) is 0 Å². The predicted octanol–water partition coefficient (Wildman–Crippen LogP) is 1.77. The first-order chi connectivity index (χ1) is 9.76. The summed E-state index contributed by atoms with van der Waals surface area (Å²) >= 11 is 3.17. The van der Waals surface area contributed by atoms with Crippen LogP contribution in [0.3, 0.4) is 0 Å². The van der Waals surface area contributed by atoms with Crippen molar-refractivity contribution in [2.45, 2.75) is 38.3 Å². The topological polar surface area (TPSA) is 74.6 Å². The molecule has 0 aliphatic heterocycles. The van der Waals surface area contributed by atoms with E-state index < -0.39 is 10.0 Å². The molecular formula is C13H24BrN3O3S. The zero-order valence-corrected chi connectivity index (χ0v) is 15.3. The lowest BCUT2D eigenvalue weighted by Gasteiger charge is -2.13. The van der Waals surface area contributed by atoms with E-state index >= 15 is 0 Å². The minimum Gasteiger partial charge on any atom is -0.452 e. The van der Waals surface area contributed by atoms with Crippen molar-refractivity contribution in [1.82, 2.24) is 14.9 Å². The van der Waals surface area contributed by atoms with Gasteiger partial charge in [-0.3, -0.25) is 0 Å². The van der Waals surface area contributed by atoms with Crippen molar-refractivity contribution in [3.8, 4) is 0 Å². The van der Waals surface area contributed by atoms with Gasteiger partial charge in [-0.1, -0.05) is 20.8 Å². The Balaban J connectivity index is 2.70. The molecule has 0 radical (unpaired) electrons. The van der Waals surface area contributed by atoms with E-state index in [9.17, 15) is 8.42 Å². The van der Waals surface area contributed by atoms with Crippen LogP contribution in [-0.2, 0) is 16.6 Å². The van der Waals surface area contributed by atoms with Crippen LogP contribution >= 0.6 is 15.9 Å². The summed E-state index contributed by atoms with van der Waals surface area (Å²) in [5.41, 5.74) is 0. The highest BCUT2D eigenvalue weighted by molar-refractivity contribution is 9.10.